The second kappa shape index (κ2) is 8.81. The van der Waals surface area contributed by atoms with Crippen LogP contribution in [0.15, 0.2) is 16.8 Å². The second-order valence-electron chi connectivity index (χ2n) is 8.04. The lowest BCUT2D eigenvalue weighted by Crippen LogP contribution is -2.38. The van der Waals surface area contributed by atoms with Crippen molar-refractivity contribution in [3.05, 3.63) is 23.7 Å². The average Bonchev–Trinajstić information content (AvgIpc) is 3.44. The van der Waals surface area contributed by atoms with Crippen molar-refractivity contribution in [2.24, 2.45) is 0 Å². The molecule has 0 radical (unpaired) electrons. The van der Waals surface area contributed by atoms with Crippen molar-refractivity contribution in [3.63, 3.8) is 0 Å². The van der Waals surface area contributed by atoms with E-state index >= 15 is 0 Å². The number of carbonyl (C=O) groups is 2. The van der Waals surface area contributed by atoms with Crippen LogP contribution in [0.1, 0.15) is 55.8 Å². The predicted molar refractivity (Wildman–Crippen MR) is 109 cm³/mol. The molecule has 0 saturated carbocycles. The highest BCUT2D eigenvalue weighted by Gasteiger charge is 2.29. The van der Waals surface area contributed by atoms with Crippen LogP contribution < -0.4 is 4.90 Å². The molecule has 2 aliphatic heterocycles. The molecule has 9 nitrogen and oxygen atoms in total. The van der Waals surface area contributed by atoms with Gasteiger partial charge in [0.1, 0.15) is 0 Å². The summed E-state index contributed by atoms with van der Waals surface area (Å²) in [7, 11) is 0. The van der Waals surface area contributed by atoms with E-state index < -0.39 is 5.97 Å². The number of likely N-dealkylation sites (tertiary alicyclic amines) is 1. The number of aliphatic carboxylic acids is 1. The van der Waals surface area contributed by atoms with Crippen LogP contribution >= 0.6 is 0 Å². The van der Waals surface area contributed by atoms with Gasteiger partial charge >= 0.3 is 5.97 Å². The van der Waals surface area contributed by atoms with Gasteiger partial charge in [-0.05, 0) is 32.6 Å². The standard InChI is InChI=1S/C21H27N5O4/c1-14-12-17(30-24-14)16-13-22-21(26-8-2-3-9-26)23-20(16)15-6-10-25(11-7-15)18(27)4-5-19(28)29/h12-13,15H,2-11H2,1H3,(H,28,29). The molecule has 1 N–H and O–H groups in total. The molecule has 0 aliphatic carbocycles. The first-order valence-electron chi connectivity index (χ1n) is 10.6. The molecular formula is C21H27N5O4. The van der Waals surface area contributed by atoms with E-state index in [1.54, 1.807) is 4.90 Å². The zero-order valence-electron chi connectivity index (χ0n) is 17.2. The van der Waals surface area contributed by atoms with Gasteiger partial charge in [-0.3, -0.25) is 9.59 Å². The van der Waals surface area contributed by atoms with Crippen LogP contribution in [0, 0.1) is 6.92 Å². The van der Waals surface area contributed by atoms with Gasteiger partial charge in [0.25, 0.3) is 0 Å². The summed E-state index contributed by atoms with van der Waals surface area (Å²) in [6.45, 7) is 5.02. The molecule has 9 heteroatoms. The number of carbonyl (C=O) groups excluding carboxylic acids is 1. The summed E-state index contributed by atoms with van der Waals surface area (Å²) in [4.78, 5) is 36.5. The first-order valence-corrected chi connectivity index (χ1v) is 10.6. The number of aromatic nitrogens is 3. The lowest BCUT2D eigenvalue weighted by atomic mass is 9.90. The van der Waals surface area contributed by atoms with Gasteiger partial charge in [0, 0.05) is 50.8 Å². The molecule has 0 bridgehead atoms. The smallest absolute Gasteiger partial charge is 0.303 e. The number of rotatable bonds is 6. The average molecular weight is 413 g/mol. The van der Waals surface area contributed by atoms with Gasteiger partial charge in [-0.15, -0.1) is 0 Å². The predicted octanol–water partition coefficient (Wildman–Crippen LogP) is 2.61. The van der Waals surface area contributed by atoms with Gasteiger partial charge in [0.2, 0.25) is 11.9 Å². The highest BCUT2D eigenvalue weighted by atomic mass is 16.5. The van der Waals surface area contributed by atoms with Gasteiger partial charge < -0.3 is 19.4 Å². The Labute approximate surface area is 175 Å². The van der Waals surface area contributed by atoms with Crippen LogP contribution in [0.25, 0.3) is 11.3 Å². The first kappa shape index (κ1) is 20.3. The van der Waals surface area contributed by atoms with Crippen molar-refractivity contribution in [3.8, 4) is 11.3 Å². The van der Waals surface area contributed by atoms with E-state index in [2.05, 4.69) is 15.0 Å². The second-order valence-corrected chi connectivity index (χ2v) is 8.04. The number of anilines is 1. The maximum Gasteiger partial charge on any atom is 0.303 e. The summed E-state index contributed by atoms with van der Waals surface area (Å²) in [5.41, 5.74) is 2.60. The fourth-order valence-electron chi connectivity index (χ4n) is 4.22. The third-order valence-corrected chi connectivity index (χ3v) is 5.87. The van der Waals surface area contributed by atoms with E-state index in [4.69, 9.17) is 14.6 Å². The Kier molecular flexibility index (Phi) is 5.96. The molecule has 2 aromatic heterocycles. The normalized spacial score (nSPS) is 17.5. The van der Waals surface area contributed by atoms with Crippen LogP contribution in [0.5, 0.6) is 0 Å². The van der Waals surface area contributed by atoms with Gasteiger partial charge in [-0.2, -0.15) is 0 Å². The van der Waals surface area contributed by atoms with Crippen LogP contribution in [0.3, 0.4) is 0 Å². The fourth-order valence-corrected chi connectivity index (χ4v) is 4.22. The van der Waals surface area contributed by atoms with E-state index in [1.807, 2.05) is 19.2 Å². The zero-order chi connectivity index (χ0) is 21.1. The number of hydrogen-bond acceptors (Lipinski definition) is 7. The monoisotopic (exact) mass is 413 g/mol. The summed E-state index contributed by atoms with van der Waals surface area (Å²) in [5, 5.41) is 12.8. The summed E-state index contributed by atoms with van der Waals surface area (Å²) in [6, 6.07) is 1.89. The molecule has 0 atom stereocenters. The van der Waals surface area contributed by atoms with Crippen molar-refractivity contribution in [1.29, 1.82) is 0 Å². The minimum absolute atomic E-state index is 0.0508. The molecule has 30 heavy (non-hydrogen) atoms. The lowest BCUT2D eigenvalue weighted by molar-refractivity contribution is -0.141. The van der Waals surface area contributed by atoms with E-state index in [0.29, 0.717) is 18.8 Å². The fraction of sp³-hybridized carbons (Fsp3) is 0.571. The molecule has 2 aliphatic rings. The zero-order valence-corrected chi connectivity index (χ0v) is 17.2. The summed E-state index contributed by atoms with van der Waals surface area (Å²) in [5.74, 6) is 0.555. The number of carboxylic acid groups (broad SMARTS) is 1. The van der Waals surface area contributed by atoms with Crippen LogP contribution in [0.2, 0.25) is 0 Å². The summed E-state index contributed by atoms with van der Waals surface area (Å²) >= 11 is 0. The van der Waals surface area contributed by atoms with E-state index in [-0.39, 0.29) is 24.7 Å². The maximum absolute atomic E-state index is 12.3. The van der Waals surface area contributed by atoms with Crippen molar-refractivity contribution < 1.29 is 19.2 Å². The number of amides is 1. The van der Waals surface area contributed by atoms with E-state index in [0.717, 1.165) is 61.7 Å². The summed E-state index contributed by atoms with van der Waals surface area (Å²) < 4.78 is 5.50. The Morgan fingerprint density at radius 3 is 2.53 bits per heavy atom. The number of hydrogen-bond donors (Lipinski definition) is 1. The van der Waals surface area contributed by atoms with Gasteiger partial charge in [-0.1, -0.05) is 5.16 Å². The van der Waals surface area contributed by atoms with Crippen LogP contribution in [-0.4, -0.2) is 63.2 Å². The number of carboxylic acids is 1. The van der Waals surface area contributed by atoms with E-state index in [9.17, 15) is 9.59 Å². The highest BCUT2D eigenvalue weighted by molar-refractivity contribution is 5.80. The molecule has 0 aromatic carbocycles. The summed E-state index contributed by atoms with van der Waals surface area (Å²) in [6.07, 6.45) is 5.61. The van der Waals surface area contributed by atoms with Crippen molar-refractivity contribution in [2.45, 2.75) is 51.4 Å². The third-order valence-electron chi connectivity index (χ3n) is 5.87. The van der Waals surface area contributed by atoms with Crippen molar-refractivity contribution in [1.82, 2.24) is 20.0 Å². The Morgan fingerprint density at radius 1 is 1.17 bits per heavy atom. The quantitative estimate of drug-likeness (QED) is 0.769. The molecule has 0 spiro atoms. The highest BCUT2D eigenvalue weighted by Crippen LogP contribution is 2.35. The number of nitrogens with zero attached hydrogens (tertiary/aromatic N) is 5. The van der Waals surface area contributed by atoms with Crippen LogP contribution in [-0.2, 0) is 9.59 Å². The third kappa shape index (κ3) is 4.44. The Bertz CT molecular complexity index is 914. The molecule has 4 rings (SSSR count). The molecule has 4 heterocycles. The minimum atomic E-state index is -0.944. The molecule has 2 aromatic rings. The number of piperidine rings is 1. The van der Waals surface area contributed by atoms with Crippen molar-refractivity contribution >= 4 is 17.8 Å². The maximum atomic E-state index is 12.3. The molecule has 2 fully saturated rings. The van der Waals surface area contributed by atoms with Gasteiger partial charge in [0.15, 0.2) is 5.76 Å². The molecule has 0 unspecified atom stereocenters. The molecule has 1 amide bonds. The first-order chi connectivity index (χ1) is 14.5. The lowest BCUT2D eigenvalue weighted by Gasteiger charge is -2.32. The van der Waals surface area contributed by atoms with E-state index in [1.165, 1.54) is 0 Å². The minimum Gasteiger partial charge on any atom is -0.481 e. The Balaban J connectivity index is 1.54. The molecule has 160 valence electrons. The SMILES string of the molecule is Cc1cc(-c2cnc(N3CCCC3)nc2C2CCN(C(=O)CCC(=O)O)CC2)on1. The van der Waals surface area contributed by atoms with Gasteiger partial charge in [0.05, 0.1) is 23.4 Å². The largest absolute Gasteiger partial charge is 0.481 e. The number of aryl methyl sites for hydroxylation is 1. The molecular weight excluding hydrogens is 386 g/mol. The van der Waals surface area contributed by atoms with Crippen molar-refractivity contribution in [2.75, 3.05) is 31.1 Å². The Hall–Kier alpha value is -2.97. The van der Waals surface area contributed by atoms with Crippen LogP contribution in [0.4, 0.5) is 5.95 Å². The van der Waals surface area contributed by atoms with Gasteiger partial charge in [-0.25, -0.2) is 9.97 Å². The molecule has 2 saturated heterocycles. The topological polar surface area (TPSA) is 113 Å². The Morgan fingerprint density at radius 2 is 1.90 bits per heavy atom.